The van der Waals surface area contributed by atoms with Crippen molar-refractivity contribution in [3.05, 3.63) is 35.2 Å². The van der Waals surface area contributed by atoms with Crippen LogP contribution in [0.1, 0.15) is 6.04 Å². The Balaban J connectivity index is 2.09. The lowest BCUT2D eigenvalue weighted by molar-refractivity contribution is 0.0689. The first-order chi connectivity index (χ1) is 8.72. The molecule has 7 nitrogen and oxygen atoms in total. The molecule has 2 N–H and O–H groups in total. The molecule has 2 atom stereocenters. The molecule has 0 radical (unpaired) electrons. The summed E-state index contributed by atoms with van der Waals surface area (Å²) in [4.78, 5) is 22.2. The standard InChI is InChI=1S/C11H12N4O3/c1-6-7(3-18-8(6)2-16)15-5-14-9-10(15)12-4-13-11(9)17/h4-5,7-8,16H,1-3H2,(H,12,13,17)/t7-,8-/m0/s1. The second kappa shape index (κ2) is 4.04. The highest BCUT2D eigenvalue weighted by Gasteiger charge is 2.31. The molecule has 2 aromatic rings. The summed E-state index contributed by atoms with van der Waals surface area (Å²) in [6.45, 7) is 4.22. The van der Waals surface area contributed by atoms with Crippen molar-refractivity contribution < 1.29 is 9.84 Å². The normalized spacial score (nSPS) is 23.9. The number of rotatable bonds is 2. The zero-order valence-electron chi connectivity index (χ0n) is 9.54. The fraction of sp³-hybridized carbons (Fsp3) is 0.364. The van der Waals surface area contributed by atoms with Crippen LogP contribution in [0.25, 0.3) is 11.2 Å². The number of aromatic amines is 1. The van der Waals surface area contributed by atoms with Gasteiger partial charge in [0.2, 0.25) is 0 Å². The van der Waals surface area contributed by atoms with E-state index in [4.69, 9.17) is 9.84 Å². The van der Waals surface area contributed by atoms with E-state index in [1.54, 1.807) is 10.9 Å². The Morgan fingerprint density at radius 3 is 3.17 bits per heavy atom. The van der Waals surface area contributed by atoms with Crippen molar-refractivity contribution in [3.8, 4) is 0 Å². The Morgan fingerprint density at radius 1 is 1.61 bits per heavy atom. The predicted molar refractivity (Wildman–Crippen MR) is 63.2 cm³/mol. The van der Waals surface area contributed by atoms with Gasteiger partial charge < -0.3 is 19.4 Å². The summed E-state index contributed by atoms with van der Waals surface area (Å²) in [6, 6.07) is -0.151. The Morgan fingerprint density at radius 2 is 2.44 bits per heavy atom. The zero-order chi connectivity index (χ0) is 12.7. The molecule has 0 unspecified atom stereocenters. The maximum absolute atomic E-state index is 11.5. The monoisotopic (exact) mass is 248 g/mol. The van der Waals surface area contributed by atoms with E-state index in [2.05, 4.69) is 21.5 Å². The third kappa shape index (κ3) is 1.48. The average Bonchev–Trinajstić information content (AvgIpc) is 2.93. The van der Waals surface area contributed by atoms with Crippen LogP contribution in [0.15, 0.2) is 29.6 Å². The molecule has 2 aromatic heterocycles. The molecule has 7 heteroatoms. The fourth-order valence-electron chi connectivity index (χ4n) is 2.16. The van der Waals surface area contributed by atoms with Gasteiger partial charge in [0.1, 0.15) is 6.10 Å². The van der Waals surface area contributed by atoms with Gasteiger partial charge >= 0.3 is 0 Å². The van der Waals surface area contributed by atoms with Crippen molar-refractivity contribution in [2.75, 3.05) is 13.2 Å². The summed E-state index contributed by atoms with van der Waals surface area (Å²) in [5.41, 5.74) is 1.27. The number of aliphatic hydroxyl groups excluding tert-OH is 1. The minimum absolute atomic E-state index is 0.101. The molecule has 0 aromatic carbocycles. The number of imidazole rings is 1. The molecule has 1 aliphatic heterocycles. The topological polar surface area (TPSA) is 93.0 Å². The highest BCUT2D eigenvalue weighted by molar-refractivity contribution is 5.69. The average molecular weight is 248 g/mol. The molecule has 94 valence electrons. The van der Waals surface area contributed by atoms with Gasteiger partial charge in [-0.05, 0) is 5.57 Å². The van der Waals surface area contributed by atoms with Crippen LogP contribution in [0.2, 0.25) is 0 Å². The number of aliphatic hydroxyl groups is 1. The number of fused-ring (bicyclic) bond motifs is 1. The molecule has 18 heavy (non-hydrogen) atoms. The summed E-state index contributed by atoms with van der Waals surface area (Å²) in [6.07, 6.45) is 2.52. The molecular weight excluding hydrogens is 236 g/mol. The molecule has 1 saturated heterocycles. The van der Waals surface area contributed by atoms with Crippen molar-refractivity contribution in [1.82, 2.24) is 19.5 Å². The van der Waals surface area contributed by atoms with Crippen LogP contribution in [-0.2, 0) is 4.74 Å². The summed E-state index contributed by atoms with van der Waals surface area (Å²) >= 11 is 0. The first-order valence-electron chi connectivity index (χ1n) is 5.53. The SMILES string of the molecule is C=C1[C@H](CO)OC[C@@H]1n1cnc2c(=O)[nH]cnc21. The number of hydrogen-bond donors (Lipinski definition) is 2. The number of nitrogens with zero attached hydrogens (tertiary/aromatic N) is 3. The van der Waals surface area contributed by atoms with E-state index in [-0.39, 0.29) is 29.8 Å². The lowest BCUT2D eigenvalue weighted by Crippen LogP contribution is -2.15. The van der Waals surface area contributed by atoms with E-state index in [0.717, 1.165) is 5.57 Å². The van der Waals surface area contributed by atoms with E-state index in [1.807, 2.05) is 0 Å². The maximum atomic E-state index is 11.5. The molecule has 3 heterocycles. The van der Waals surface area contributed by atoms with Crippen LogP contribution >= 0.6 is 0 Å². The van der Waals surface area contributed by atoms with E-state index in [9.17, 15) is 4.79 Å². The van der Waals surface area contributed by atoms with Crippen molar-refractivity contribution in [2.24, 2.45) is 0 Å². The summed E-state index contributed by atoms with van der Waals surface area (Å²) < 4.78 is 7.17. The predicted octanol–water partition coefficient (Wildman–Crippen LogP) is -0.392. The van der Waals surface area contributed by atoms with Crippen LogP contribution in [0.5, 0.6) is 0 Å². The Bertz CT molecular complexity index is 660. The minimum atomic E-state index is -0.366. The van der Waals surface area contributed by atoms with Crippen LogP contribution in [0, 0.1) is 0 Å². The minimum Gasteiger partial charge on any atom is -0.393 e. The molecule has 0 spiro atoms. The second-order valence-electron chi connectivity index (χ2n) is 4.15. The number of nitrogens with one attached hydrogen (secondary N) is 1. The van der Waals surface area contributed by atoms with Gasteiger partial charge in [0, 0.05) is 0 Å². The molecule has 0 saturated carbocycles. The van der Waals surface area contributed by atoms with Crippen molar-refractivity contribution >= 4 is 11.2 Å². The summed E-state index contributed by atoms with van der Waals surface area (Å²) in [7, 11) is 0. The van der Waals surface area contributed by atoms with E-state index >= 15 is 0 Å². The highest BCUT2D eigenvalue weighted by Crippen LogP contribution is 2.30. The lowest BCUT2D eigenvalue weighted by Gasteiger charge is -2.13. The molecule has 1 aliphatic rings. The van der Waals surface area contributed by atoms with Crippen molar-refractivity contribution in [1.29, 1.82) is 0 Å². The fourth-order valence-corrected chi connectivity index (χ4v) is 2.16. The first-order valence-corrected chi connectivity index (χ1v) is 5.53. The van der Waals surface area contributed by atoms with Gasteiger partial charge in [-0.3, -0.25) is 4.79 Å². The van der Waals surface area contributed by atoms with Gasteiger partial charge in [-0.15, -0.1) is 0 Å². The lowest BCUT2D eigenvalue weighted by atomic mass is 10.1. The van der Waals surface area contributed by atoms with E-state index in [0.29, 0.717) is 12.3 Å². The Labute approximate surface area is 102 Å². The van der Waals surface area contributed by atoms with Crippen molar-refractivity contribution in [2.45, 2.75) is 12.1 Å². The third-order valence-corrected chi connectivity index (χ3v) is 3.16. The number of H-pyrrole nitrogens is 1. The molecular formula is C11H12N4O3. The summed E-state index contributed by atoms with van der Waals surface area (Å²) in [5.74, 6) is 0. The molecule has 0 amide bonds. The summed E-state index contributed by atoms with van der Waals surface area (Å²) in [5, 5.41) is 9.13. The number of aromatic nitrogens is 4. The van der Waals surface area contributed by atoms with E-state index < -0.39 is 0 Å². The Kier molecular flexibility index (Phi) is 2.49. The molecule has 0 bridgehead atoms. The Hall–Kier alpha value is -1.99. The smallest absolute Gasteiger partial charge is 0.278 e. The van der Waals surface area contributed by atoms with Crippen LogP contribution < -0.4 is 5.56 Å². The third-order valence-electron chi connectivity index (χ3n) is 3.16. The number of ether oxygens (including phenoxy) is 1. The van der Waals surface area contributed by atoms with Gasteiger partial charge in [0.05, 0.1) is 31.9 Å². The van der Waals surface area contributed by atoms with Crippen LogP contribution in [0.3, 0.4) is 0 Å². The van der Waals surface area contributed by atoms with Crippen LogP contribution in [0.4, 0.5) is 0 Å². The number of hydrogen-bond acceptors (Lipinski definition) is 5. The van der Waals surface area contributed by atoms with Crippen LogP contribution in [-0.4, -0.2) is 43.9 Å². The molecule has 3 rings (SSSR count). The quantitative estimate of drug-likeness (QED) is 0.706. The van der Waals surface area contributed by atoms with Gasteiger partial charge in [0.15, 0.2) is 11.2 Å². The van der Waals surface area contributed by atoms with Gasteiger partial charge in [0.25, 0.3) is 5.56 Å². The van der Waals surface area contributed by atoms with Gasteiger partial charge in [-0.2, -0.15) is 0 Å². The van der Waals surface area contributed by atoms with Gasteiger partial charge in [-0.25, -0.2) is 9.97 Å². The van der Waals surface area contributed by atoms with Crippen molar-refractivity contribution in [3.63, 3.8) is 0 Å². The van der Waals surface area contributed by atoms with Gasteiger partial charge in [-0.1, -0.05) is 6.58 Å². The molecule has 0 aliphatic carbocycles. The second-order valence-corrected chi connectivity index (χ2v) is 4.15. The van der Waals surface area contributed by atoms with E-state index in [1.165, 1.54) is 6.33 Å². The largest absolute Gasteiger partial charge is 0.393 e. The zero-order valence-corrected chi connectivity index (χ0v) is 9.54. The maximum Gasteiger partial charge on any atom is 0.278 e. The first kappa shape index (κ1) is 11.1. The highest BCUT2D eigenvalue weighted by atomic mass is 16.5. The molecule has 1 fully saturated rings.